The Labute approximate surface area is 152 Å². The van der Waals surface area contributed by atoms with Gasteiger partial charge in [0.05, 0.1) is 6.61 Å². The summed E-state index contributed by atoms with van der Waals surface area (Å²) in [6.07, 6.45) is 8.54. The van der Waals surface area contributed by atoms with Crippen molar-refractivity contribution in [2.75, 3.05) is 31.7 Å². The maximum atomic E-state index is 11.2. The van der Waals surface area contributed by atoms with Gasteiger partial charge in [-0.05, 0) is 31.0 Å². The van der Waals surface area contributed by atoms with Crippen molar-refractivity contribution in [1.82, 2.24) is 5.32 Å². The third kappa shape index (κ3) is 11.2. The first-order valence-electron chi connectivity index (χ1n) is 9.43. The molecular formula is C19H35N2O3P. The van der Waals surface area contributed by atoms with Crippen LogP contribution in [0.15, 0.2) is 18.2 Å². The van der Waals surface area contributed by atoms with Crippen LogP contribution in [0.3, 0.4) is 0 Å². The van der Waals surface area contributed by atoms with Crippen molar-refractivity contribution in [2.24, 2.45) is 0 Å². The van der Waals surface area contributed by atoms with E-state index < -0.39 is 7.37 Å². The Kier molecular flexibility index (Phi) is 10.9. The molecule has 1 aromatic carbocycles. The van der Waals surface area contributed by atoms with Gasteiger partial charge in [0, 0.05) is 31.1 Å². The normalized spacial score (nSPS) is 13.6. The van der Waals surface area contributed by atoms with Crippen molar-refractivity contribution < 1.29 is 14.2 Å². The van der Waals surface area contributed by atoms with Gasteiger partial charge in [0.2, 0.25) is 0 Å². The Morgan fingerprint density at radius 3 is 2.56 bits per heavy atom. The molecule has 5 nitrogen and oxygen atoms in total. The van der Waals surface area contributed by atoms with Crippen LogP contribution in [0.5, 0.6) is 5.75 Å². The van der Waals surface area contributed by atoms with Crippen molar-refractivity contribution in [3.05, 3.63) is 23.8 Å². The molecule has 144 valence electrons. The second-order valence-electron chi connectivity index (χ2n) is 6.78. The van der Waals surface area contributed by atoms with Crippen LogP contribution in [-0.2, 0) is 11.1 Å². The maximum Gasteiger partial charge on any atom is 0.197 e. The fourth-order valence-electron chi connectivity index (χ4n) is 2.62. The Morgan fingerprint density at radius 2 is 1.88 bits per heavy atom. The number of anilines is 1. The Hall–Kier alpha value is -1.03. The molecule has 0 saturated carbocycles. The van der Waals surface area contributed by atoms with Gasteiger partial charge in [-0.1, -0.05) is 45.1 Å². The summed E-state index contributed by atoms with van der Waals surface area (Å²) < 4.78 is 17.0. The van der Waals surface area contributed by atoms with E-state index in [-0.39, 0.29) is 0 Å². The summed E-state index contributed by atoms with van der Waals surface area (Å²) in [6, 6.07) is 5.82. The average Bonchev–Trinajstić information content (AvgIpc) is 2.54. The molecule has 25 heavy (non-hydrogen) atoms. The van der Waals surface area contributed by atoms with Crippen molar-refractivity contribution >= 4 is 13.1 Å². The van der Waals surface area contributed by atoms with Gasteiger partial charge >= 0.3 is 0 Å². The smallest absolute Gasteiger partial charge is 0.197 e. The highest BCUT2D eigenvalue weighted by molar-refractivity contribution is 7.57. The molecule has 0 aliphatic carbocycles. The molecule has 0 aliphatic heterocycles. The van der Waals surface area contributed by atoms with Crippen molar-refractivity contribution in [3.63, 3.8) is 0 Å². The lowest BCUT2D eigenvalue weighted by Crippen LogP contribution is -2.16. The van der Waals surface area contributed by atoms with Crippen LogP contribution < -0.4 is 15.8 Å². The van der Waals surface area contributed by atoms with E-state index in [9.17, 15) is 9.46 Å². The van der Waals surface area contributed by atoms with E-state index in [1.54, 1.807) is 0 Å². The highest BCUT2D eigenvalue weighted by Gasteiger charge is 2.08. The number of ether oxygens (including phenoxy) is 1. The summed E-state index contributed by atoms with van der Waals surface area (Å²) in [5, 5.41) is 3.26. The van der Waals surface area contributed by atoms with Crippen LogP contribution in [0, 0.1) is 0 Å². The lowest BCUT2D eigenvalue weighted by Gasteiger charge is -2.11. The Balaban J connectivity index is 2.21. The van der Waals surface area contributed by atoms with Gasteiger partial charge in [-0.2, -0.15) is 0 Å². The first-order valence-corrected chi connectivity index (χ1v) is 11.7. The van der Waals surface area contributed by atoms with E-state index in [0.29, 0.717) is 25.7 Å². The largest absolute Gasteiger partial charge is 0.494 e. The van der Waals surface area contributed by atoms with E-state index in [2.05, 4.69) is 12.2 Å². The van der Waals surface area contributed by atoms with E-state index in [0.717, 1.165) is 30.0 Å². The summed E-state index contributed by atoms with van der Waals surface area (Å²) in [6.45, 7) is 5.72. The van der Waals surface area contributed by atoms with Crippen LogP contribution in [0.4, 0.5) is 5.69 Å². The molecule has 1 unspecified atom stereocenters. The number of nitrogen functional groups attached to an aromatic ring is 1. The van der Waals surface area contributed by atoms with Gasteiger partial charge in [-0.15, -0.1) is 0 Å². The minimum absolute atomic E-state index is 0.348. The summed E-state index contributed by atoms with van der Waals surface area (Å²) in [5.74, 6) is 0.821. The highest BCUT2D eigenvalue weighted by Crippen LogP contribution is 2.35. The molecule has 1 atom stereocenters. The monoisotopic (exact) mass is 370 g/mol. The van der Waals surface area contributed by atoms with Crippen molar-refractivity contribution in [2.45, 2.75) is 58.4 Å². The molecule has 1 aromatic rings. The van der Waals surface area contributed by atoms with E-state index in [1.165, 1.54) is 38.8 Å². The molecule has 0 aromatic heterocycles. The fraction of sp³-hybridized carbons (Fsp3) is 0.684. The molecule has 0 heterocycles. The second-order valence-corrected chi connectivity index (χ2v) is 9.33. The molecule has 0 saturated heterocycles. The minimum Gasteiger partial charge on any atom is -0.494 e. The molecule has 0 radical (unpaired) electrons. The molecule has 0 amide bonds. The number of benzene rings is 1. The molecule has 0 spiro atoms. The number of unbranched alkanes of at least 4 members (excludes halogenated alkanes) is 5. The molecule has 0 bridgehead atoms. The molecule has 6 heteroatoms. The lowest BCUT2D eigenvalue weighted by molar-refractivity contribution is 0.304. The Bertz CT molecular complexity index is 531. The van der Waals surface area contributed by atoms with E-state index >= 15 is 0 Å². The summed E-state index contributed by atoms with van der Waals surface area (Å²) in [5.41, 5.74) is 7.83. The standard InChI is InChI=1S/C19H35N2O3P/c1-3-4-5-6-7-8-13-24-18-11-10-17(19(20)15-18)16-21-12-9-14-25(2,22)23/h10-11,15,21H,3-9,12-14,16,20H2,1-2H3,(H,22,23). The van der Waals surface area contributed by atoms with Crippen LogP contribution in [0.1, 0.15) is 57.4 Å². The second kappa shape index (κ2) is 12.3. The molecule has 0 aliphatic rings. The zero-order valence-electron chi connectivity index (χ0n) is 15.8. The number of hydrogen-bond donors (Lipinski definition) is 3. The average molecular weight is 370 g/mol. The van der Waals surface area contributed by atoms with E-state index in [4.69, 9.17) is 10.5 Å². The molecular weight excluding hydrogens is 335 g/mol. The zero-order valence-corrected chi connectivity index (χ0v) is 16.7. The van der Waals surface area contributed by atoms with E-state index in [1.807, 2.05) is 18.2 Å². The van der Waals surface area contributed by atoms with Crippen LogP contribution in [0.2, 0.25) is 0 Å². The van der Waals surface area contributed by atoms with Crippen LogP contribution in [0.25, 0.3) is 0 Å². The Morgan fingerprint density at radius 1 is 1.16 bits per heavy atom. The predicted octanol–water partition coefficient (Wildman–Crippen LogP) is 4.39. The molecule has 4 N–H and O–H groups in total. The summed E-state index contributed by atoms with van der Waals surface area (Å²) >= 11 is 0. The lowest BCUT2D eigenvalue weighted by atomic mass is 10.1. The third-order valence-corrected chi connectivity index (χ3v) is 5.27. The summed E-state index contributed by atoms with van der Waals surface area (Å²) in [7, 11) is -2.90. The molecule has 1 rings (SSSR count). The molecule has 0 fully saturated rings. The maximum absolute atomic E-state index is 11.2. The van der Waals surface area contributed by atoms with Gasteiger partial charge in [-0.3, -0.25) is 4.57 Å². The van der Waals surface area contributed by atoms with Gasteiger partial charge in [0.15, 0.2) is 7.37 Å². The topological polar surface area (TPSA) is 84.6 Å². The van der Waals surface area contributed by atoms with Gasteiger partial charge in [0.25, 0.3) is 0 Å². The minimum atomic E-state index is -2.90. The van der Waals surface area contributed by atoms with Gasteiger partial charge in [0.1, 0.15) is 5.75 Å². The first-order chi connectivity index (χ1) is 11.9. The van der Waals surface area contributed by atoms with Gasteiger partial charge < -0.3 is 20.7 Å². The number of nitrogens with two attached hydrogens (primary N) is 1. The van der Waals surface area contributed by atoms with Crippen LogP contribution in [-0.4, -0.2) is 30.9 Å². The van der Waals surface area contributed by atoms with Crippen molar-refractivity contribution in [1.29, 1.82) is 0 Å². The summed E-state index contributed by atoms with van der Waals surface area (Å²) in [4.78, 5) is 9.25. The highest BCUT2D eigenvalue weighted by atomic mass is 31.2. The number of hydrogen-bond acceptors (Lipinski definition) is 4. The first kappa shape index (κ1) is 22.0. The zero-order chi connectivity index (χ0) is 18.5. The van der Waals surface area contributed by atoms with Crippen molar-refractivity contribution in [3.8, 4) is 5.75 Å². The number of rotatable bonds is 14. The van der Waals surface area contributed by atoms with Crippen LogP contribution >= 0.6 is 7.37 Å². The fourth-order valence-corrected chi connectivity index (χ4v) is 3.36. The third-order valence-electron chi connectivity index (χ3n) is 4.13. The SMILES string of the molecule is CCCCCCCCOc1ccc(CNCCCP(C)(=O)O)c(N)c1. The predicted molar refractivity (Wildman–Crippen MR) is 107 cm³/mol. The number of nitrogens with one attached hydrogen (secondary N) is 1. The quantitative estimate of drug-likeness (QED) is 0.257. The van der Waals surface area contributed by atoms with Gasteiger partial charge in [-0.25, -0.2) is 0 Å².